The third-order valence-corrected chi connectivity index (χ3v) is 27.5. The quantitative estimate of drug-likeness (QED) is 0.0672. The molecule has 0 N–H and O–H groups in total. The summed E-state index contributed by atoms with van der Waals surface area (Å²) in [6.07, 6.45) is 2.52. The summed E-state index contributed by atoms with van der Waals surface area (Å²) in [5, 5.41) is 0. The number of ether oxygens (including phenoxy) is 4. The molecule has 748 valence electrons. The first-order valence-electron chi connectivity index (χ1n) is 47.7. The molecule has 150 heavy (non-hydrogen) atoms. The van der Waals surface area contributed by atoms with E-state index in [0.29, 0.717) is 34.4 Å². The summed E-state index contributed by atoms with van der Waals surface area (Å²) in [5.41, 5.74) is 32.0. The number of halogens is 6. The molecule has 0 saturated heterocycles. The van der Waals surface area contributed by atoms with Crippen LogP contribution in [-0.4, -0.2) is 39.9 Å². The van der Waals surface area contributed by atoms with Crippen LogP contribution in [0.2, 0.25) is 0 Å². The Morgan fingerprint density at radius 1 is 0.240 bits per heavy atom. The average Bonchev–Trinajstić information content (AvgIpc) is 1.57. The molecule has 22 heteroatoms. The molecule has 20 aromatic rings. The molecule has 4 atom stereocenters. The fraction of sp³-hybridized carbons (Fsp3) is 0.125. The van der Waals surface area contributed by atoms with Gasteiger partial charge in [-0.1, -0.05) is 154 Å². The number of fused-ring (bicyclic) bond motifs is 12. The predicted molar refractivity (Wildman–Crippen MR) is 555 cm³/mol. The van der Waals surface area contributed by atoms with Crippen molar-refractivity contribution in [1.82, 2.24) is 39.9 Å². The second-order valence-electron chi connectivity index (χ2n) is 37.3. The summed E-state index contributed by atoms with van der Waals surface area (Å²) in [7, 11) is 0. The van der Waals surface area contributed by atoms with E-state index in [0.717, 1.165) is 159 Å². The zero-order valence-electron chi connectivity index (χ0n) is 82.4. The second kappa shape index (κ2) is 43.9. The Morgan fingerprint density at radius 3 is 0.900 bits per heavy atom. The van der Waals surface area contributed by atoms with Crippen molar-refractivity contribution in [3.05, 3.63) is 525 Å². The van der Waals surface area contributed by atoms with Crippen molar-refractivity contribution in [2.75, 3.05) is 0 Å². The minimum atomic E-state index is -4.59. The smallest absolute Gasteiger partial charge is 0.460 e. The van der Waals surface area contributed by atoms with Crippen molar-refractivity contribution in [2.45, 2.75) is 103 Å². The van der Waals surface area contributed by atoms with Gasteiger partial charge in [0.05, 0.1) is 28.3 Å². The first-order chi connectivity index (χ1) is 70.5. The molecule has 4 aliphatic carbocycles. The Bertz CT molecular complexity index is 8460. The van der Waals surface area contributed by atoms with Crippen LogP contribution in [0.5, 0.6) is 46.5 Å². The number of hydrogen-bond acceptors (Lipinski definition) is 12. The van der Waals surface area contributed by atoms with E-state index in [1.165, 1.54) is 56.8 Å². The van der Waals surface area contributed by atoms with Crippen molar-refractivity contribution in [1.29, 1.82) is 0 Å². The van der Waals surface area contributed by atoms with Gasteiger partial charge in [0.15, 0.2) is 0 Å². The van der Waals surface area contributed by atoms with Crippen LogP contribution >= 0.6 is 0 Å². The maximum Gasteiger partial charge on any atom is 2.00 e. The van der Waals surface area contributed by atoms with Gasteiger partial charge in [0.1, 0.15) is 5.56 Å². The molecule has 4 aliphatic rings. The van der Waals surface area contributed by atoms with Gasteiger partial charge in [-0.3, -0.25) is 19.9 Å². The Hall–Kier alpha value is -14.6. The summed E-state index contributed by atoms with van der Waals surface area (Å²) >= 11 is 0. The van der Waals surface area contributed by atoms with E-state index in [1.807, 2.05) is 185 Å². The molecule has 8 aromatic heterocycles. The van der Waals surface area contributed by atoms with Crippen molar-refractivity contribution in [2.24, 2.45) is 0 Å². The maximum atomic E-state index is 13.4. The van der Waals surface area contributed by atoms with Crippen LogP contribution in [0, 0.1) is 90.1 Å². The van der Waals surface area contributed by atoms with Crippen molar-refractivity contribution in [3.63, 3.8) is 0 Å². The first-order valence-corrected chi connectivity index (χ1v) is 47.7. The van der Waals surface area contributed by atoms with Crippen LogP contribution in [0.4, 0.5) is 26.3 Å². The van der Waals surface area contributed by atoms with E-state index in [1.54, 1.807) is 30.5 Å². The Kier molecular flexibility index (Phi) is 31.2. The number of aryl methyl sites for hydroxylation is 6. The molecular formula is C128H90F6N8O4Pt4. The van der Waals surface area contributed by atoms with E-state index < -0.39 is 51.0 Å². The minimum absolute atomic E-state index is 0. The standard InChI is InChI=1S/2C32H21F3N2O.2C32H24N2O.4Pt/c1-20-14-16-36-29(17-20)31(2)26-10-4-3-9-24(26)25-13-12-22(19-28(25)31)21-7-5-8-23(18-21)38-30-27(32(33,34)35)11-6-15-37-30;1-20-12-14-36-29(16-20)31(2)27-9-4-3-8-25(27)26-11-10-22(18-28(26)31)21-6-5-7-24(17-21)38-30-19-23(13-15-37-30)32(33,34)35;1-21-16-17-33-30(18-21)32(3)28-12-5-4-11-26(28)27-15-14-24(20-29(27)32)23-9-7-10-25(19-23)35-31-13-6-8-22(2)34-31;1-21-15-16-33-30(17-21)32(3)28-10-5-4-9-26(28)27-13-12-24(19-29(27)32)23-7-6-8-25(18-23)35-31-14-11-22(2)20-34-31;;;;/h3-17H,1-2H3;3-16,19H,1-2H3;4-18H,1-3H3;4-17,20H,1-3H3;;;;/q4*-2;4*+2. The summed E-state index contributed by atoms with van der Waals surface area (Å²) < 4.78 is 103. The molecule has 12 aromatic carbocycles. The normalized spacial score (nSPS) is 15.6. The molecule has 0 bridgehead atoms. The second-order valence-corrected chi connectivity index (χ2v) is 37.3. The van der Waals surface area contributed by atoms with Crippen LogP contribution in [-0.2, 0) is 118 Å². The van der Waals surface area contributed by atoms with Gasteiger partial charge in [0, 0.05) is 112 Å². The predicted octanol–water partition coefficient (Wildman–Crippen LogP) is 31.4. The van der Waals surface area contributed by atoms with Crippen molar-refractivity contribution in [3.8, 4) is 136 Å². The summed E-state index contributed by atoms with van der Waals surface area (Å²) in [4.78, 5) is 35.6. The number of alkyl halides is 6. The Labute approximate surface area is 925 Å². The van der Waals surface area contributed by atoms with Gasteiger partial charge in [0.25, 0.3) is 0 Å². The minimum Gasteiger partial charge on any atom is -0.460 e. The fourth-order valence-electron chi connectivity index (χ4n) is 20.1. The van der Waals surface area contributed by atoms with Crippen LogP contribution in [0.25, 0.3) is 89.0 Å². The molecule has 4 unspecified atom stereocenters. The van der Waals surface area contributed by atoms with E-state index in [2.05, 4.69) is 250 Å². The molecule has 0 saturated carbocycles. The zero-order chi connectivity index (χ0) is 101. The van der Waals surface area contributed by atoms with Gasteiger partial charge in [-0.15, -0.1) is 95.1 Å². The number of benzene rings is 12. The Balaban J connectivity index is 0.000000135. The molecule has 0 aliphatic heterocycles. The van der Waals surface area contributed by atoms with E-state index >= 15 is 0 Å². The number of nitrogens with zero attached hydrogens (tertiary/aromatic N) is 8. The summed E-state index contributed by atoms with van der Waals surface area (Å²) in [6.45, 7) is 21.1. The Morgan fingerprint density at radius 2 is 0.567 bits per heavy atom. The molecular weight excluding hydrogens is 2610 g/mol. The molecule has 8 heterocycles. The first kappa shape index (κ1) is 107. The fourth-order valence-corrected chi connectivity index (χ4v) is 20.1. The van der Waals surface area contributed by atoms with Crippen LogP contribution in [0.15, 0.2) is 365 Å². The van der Waals surface area contributed by atoms with Gasteiger partial charge in [-0.2, -0.15) is 123 Å². The van der Waals surface area contributed by atoms with Gasteiger partial charge < -0.3 is 18.9 Å². The van der Waals surface area contributed by atoms with Gasteiger partial charge in [0.2, 0.25) is 23.5 Å². The topological polar surface area (TPSA) is 140 Å². The number of pyridine rings is 8. The zero-order valence-corrected chi connectivity index (χ0v) is 91.5. The van der Waals surface area contributed by atoms with Gasteiger partial charge >= 0.3 is 96.6 Å². The van der Waals surface area contributed by atoms with E-state index in [-0.39, 0.29) is 102 Å². The molecule has 0 fully saturated rings. The maximum absolute atomic E-state index is 13.4. The molecule has 0 spiro atoms. The largest absolute Gasteiger partial charge is 2.00 e. The van der Waals surface area contributed by atoms with Crippen LogP contribution < -0.4 is 18.9 Å². The van der Waals surface area contributed by atoms with Gasteiger partial charge in [-0.05, 0) is 192 Å². The van der Waals surface area contributed by atoms with Gasteiger partial charge in [-0.25, -0.2) is 64.4 Å². The molecule has 0 radical (unpaired) electrons. The number of hydrogen-bond donors (Lipinski definition) is 0. The van der Waals surface area contributed by atoms with E-state index in [9.17, 15) is 26.3 Å². The monoisotopic (exact) mass is 2700 g/mol. The van der Waals surface area contributed by atoms with Crippen LogP contribution in [0.3, 0.4) is 0 Å². The third-order valence-electron chi connectivity index (χ3n) is 27.5. The molecule has 24 rings (SSSR count). The van der Waals surface area contributed by atoms with E-state index in [4.69, 9.17) is 38.9 Å². The number of aromatic nitrogens is 8. The molecule has 0 amide bonds. The van der Waals surface area contributed by atoms with Crippen LogP contribution in [0.1, 0.15) is 140 Å². The number of rotatable bonds is 16. The SMILES string of the molecule is Cc1ccc(Oc2[c-]c(-c3[c-]c4c(cc3)-c3ccccc3C4(C)c3cc(C)ccn3)ccc2)nc1.Cc1ccnc(C2(C)c3[c-]c(-c4[c-]c(Oc5cc(C(F)(F)F)ccn5)ccc4)ccc3-c3ccccc32)c1.Cc1ccnc(C2(C)c3[c-]c(-c4[c-]c(Oc5cccc(C)n5)ccc4)ccc3-c3ccccc32)c1.Cc1ccnc(C2(C)c3[c-]c(-c4[c-]c(Oc5ncccc5C(F)(F)F)ccc4)ccc3-c3ccccc32)c1.[Pt+2].[Pt+2].[Pt+2].[Pt+2]. The average molecular weight is 2700 g/mol. The van der Waals surface area contributed by atoms with Crippen molar-refractivity contribution < 1.29 is 130 Å². The summed E-state index contributed by atoms with van der Waals surface area (Å²) in [5.74, 6) is 2.08. The molecule has 12 nitrogen and oxygen atoms in total. The van der Waals surface area contributed by atoms with Crippen molar-refractivity contribution >= 4 is 0 Å². The third kappa shape index (κ3) is 20.9. The summed E-state index contributed by atoms with van der Waals surface area (Å²) in [6, 6.07) is 131.